The Bertz CT molecular complexity index is 1070. The van der Waals surface area contributed by atoms with Crippen molar-refractivity contribution in [3.8, 4) is 0 Å². The van der Waals surface area contributed by atoms with Gasteiger partial charge in [-0.1, -0.05) is 31.9 Å². The molecule has 0 saturated carbocycles. The molecule has 4 nitrogen and oxygen atoms in total. The minimum Gasteiger partial charge on any atom is -0.398 e. The molecule has 0 aromatic heterocycles. The molecule has 0 bridgehead atoms. The van der Waals surface area contributed by atoms with Crippen molar-refractivity contribution in [3.63, 3.8) is 0 Å². The van der Waals surface area contributed by atoms with Crippen LogP contribution in [0.3, 0.4) is 0 Å². The largest absolute Gasteiger partial charge is 0.430 e. The Hall–Kier alpha value is -1.92. The van der Waals surface area contributed by atoms with Gasteiger partial charge in [0.05, 0.1) is 0 Å². The van der Waals surface area contributed by atoms with Crippen molar-refractivity contribution >= 4 is 43.2 Å². The lowest BCUT2D eigenvalue weighted by Crippen LogP contribution is -2.54. The Morgan fingerprint density at radius 1 is 0.541 bits per heavy atom. The van der Waals surface area contributed by atoms with E-state index in [4.69, 9.17) is 11.5 Å². The van der Waals surface area contributed by atoms with E-state index < -0.39 is 76.0 Å². The number of benzene rings is 2. The van der Waals surface area contributed by atoms with Crippen molar-refractivity contribution < 1.29 is 62.9 Å². The number of nitrogen functional groups attached to an aromatic ring is 2. The maximum atomic E-state index is 13.3. The first kappa shape index (κ1) is 31.3. The smallest absolute Gasteiger partial charge is 0.398 e. The van der Waals surface area contributed by atoms with Crippen LogP contribution in [0.2, 0.25) is 0 Å². The predicted octanol–water partition coefficient (Wildman–Crippen LogP) is 6.59. The van der Waals surface area contributed by atoms with E-state index in [0.717, 1.165) is 0 Å². The van der Waals surface area contributed by atoms with E-state index in [1.807, 2.05) is 0 Å². The summed E-state index contributed by atoms with van der Waals surface area (Å²) in [5.41, 5.74) is -7.67. The van der Waals surface area contributed by atoms with Crippen LogP contribution in [0.15, 0.2) is 33.2 Å². The first-order chi connectivity index (χ1) is 16.3. The lowest BCUT2D eigenvalue weighted by atomic mass is 9.86. The Kier molecular flexibility index (Phi) is 7.93. The van der Waals surface area contributed by atoms with Crippen molar-refractivity contribution in [1.82, 2.24) is 0 Å². The Labute approximate surface area is 215 Å². The normalized spacial score (nSPS) is 14.3. The number of rotatable bonds is 4. The molecule has 18 heteroatoms. The van der Waals surface area contributed by atoms with Crippen molar-refractivity contribution in [1.29, 1.82) is 0 Å². The third-order valence-corrected chi connectivity index (χ3v) is 6.72. The molecule has 0 atom stereocenters. The number of nitrogens with two attached hydrogens (primary N) is 2. The summed E-state index contributed by atoms with van der Waals surface area (Å²) in [5.74, 6) is 0. The van der Waals surface area contributed by atoms with Gasteiger partial charge in [0.2, 0.25) is 0 Å². The Morgan fingerprint density at radius 2 is 0.784 bits per heavy atom. The Balaban J connectivity index is 2.81. The summed E-state index contributed by atoms with van der Waals surface area (Å²) in [6, 6.07) is 1.34. The summed E-state index contributed by atoms with van der Waals surface area (Å²) in [6.07, 6.45) is -26.3. The van der Waals surface area contributed by atoms with E-state index in [-0.39, 0.29) is 21.1 Å². The molecule has 37 heavy (non-hydrogen) atoms. The quantitative estimate of drug-likeness (QED) is 0.216. The number of hydrogen-bond donors (Lipinski definition) is 4. The van der Waals surface area contributed by atoms with Crippen molar-refractivity contribution in [3.05, 3.63) is 55.5 Å². The summed E-state index contributed by atoms with van der Waals surface area (Å²) in [5, 5.41) is 19.4. The maximum absolute atomic E-state index is 13.3. The van der Waals surface area contributed by atoms with Crippen LogP contribution in [0.4, 0.5) is 64.1 Å². The van der Waals surface area contributed by atoms with Gasteiger partial charge in [-0.15, -0.1) is 0 Å². The van der Waals surface area contributed by atoms with Gasteiger partial charge < -0.3 is 21.7 Å². The fourth-order valence-corrected chi connectivity index (χ4v) is 4.30. The fourth-order valence-electron chi connectivity index (χ4n) is 3.30. The summed E-state index contributed by atoms with van der Waals surface area (Å²) < 4.78 is 159. The molecule has 0 heterocycles. The second-order valence-electron chi connectivity index (χ2n) is 7.65. The molecule has 208 valence electrons. The second-order valence-corrected chi connectivity index (χ2v) is 9.36. The van der Waals surface area contributed by atoms with E-state index in [0.29, 0.717) is 12.1 Å². The average Bonchev–Trinajstić information content (AvgIpc) is 2.67. The molecule has 2 rings (SSSR count). The van der Waals surface area contributed by atoms with Crippen LogP contribution < -0.4 is 11.5 Å². The van der Waals surface area contributed by atoms with Gasteiger partial charge in [0, 0.05) is 31.4 Å². The monoisotopic (exact) mass is 686 g/mol. The third-order valence-electron chi connectivity index (χ3n) is 5.24. The van der Waals surface area contributed by atoms with Crippen LogP contribution in [0.1, 0.15) is 22.3 Å². The molecule has 2 aromatic carbocycles. The molecule has 0 aliphatic heterocycles. The first-order valence-corrected chi connectivity index (χ1v) is 10.8. The van der Waals surface area contributed by atoms with Crippen molar-refractivity contribution in [2.24, 2.45) is 0 Å². The van der Waals surface area contributed by atoms with E-state index in [1.165, 1.54) is 0 Å². The summed E-state index contributed by atoms with van der Waals surface area (Å²) in [7, 11) is 0. The van der Waals surface area contributed by atoms with Gasteiger partial charge in [-0.2, -0.15) is 52.7 Å². The van der Waals surface area contributed by atoms with Crippen LogP contribution in [-0.4, -0.2) is 34.9 Å². The topological polar surface area (TPSA) is 92.5 Å². The minimum absolute atomic E-state index is 0.141. The van der Waals surface area contributed by atoms with Gasteiger partial charge in [0.25, 0.3) is 11.2 Å². The van der Waals surface area contributed by atoms with Crippen LogP contribution in [0.25, 0.3) is 0 Å². The summed E-state index contributed by atoms with van der Waals surface area (Å²) in [4.78, 5) is 0. The highest BCUT2D eigenvalue weighted by Crippen LogP contribution is 2.54. The molecule has 0 spiro atoms. The van der Waals surface area contributed by atoms with Gasteiger partial charge in [-0.3, -0.25) is 0 Å². The standard InChI is InChI=1S/C19H12Br2F12N2O2/c20-10-4-12(34)8(14(36,16(22,23)24)17(25,26)27)2-6(10)1-7-3-9(13(35)5-11(7)21)15(37,18(28,29)30)19(31,32)33/h2-5,36-37H,1,34-35H2. The number of aliphatic hydroxyl groups is 2. The van der Waals surface area contributed by atoms with Crippen LogP contribution in [0.5, 0.6) is 0 Å². The van der Waals surface area contributed by atoms with Gasteiger partial charge in [0.15, 0.2) is 0 Å². The molecule has 0 aliphatic carbocycles. The highest BCUT2D eigenvalue weighted by Gasteiger charge is 2.73. The van der Waals surface area contributed by atoms with E-state index in [9.17, 15) is 62.9 Å². The minimum atomic E-state index is -6.34. The number of anilines is 2. The Morgan fingerprint density at radius 3 is 1.00 bits per heavy atom. The molecule has 0 radical (unpaired) electrons. The molecule has 6 N–H and O–H groups in total. The van der Waals surface area contributed by atoms with Crippen LogP contribution in [-0.2, 0) is 17.6 Å². The predicted molar refractivity (Wildman–Crippen MR) is 112 cm³/mol. The maximum Gasteiger partial charge on any atom is 0.430 e. The van der Waals surface area contributed by atoms with Crippen molar-refractivity contribution in [2.75, 3.05) is 11.5 Å². The lowest BCUT2D eigenvalue weighted by molar-refractivity contribution is -0.376. The van der Waals surface area contributed by atoms with Gasteiger partial charge >= 0.3 is 24.7 Å². The van der Waals surface area contributed by atoms with E-state index in [2.05, 4.69) is 31.9 Å². The molecule has 0 fully saturated rings. The number of hydrogen-bond acceptors (Lipinski definition) is 4. The molecule has 0 unspecified atom stereocenters. The second kappa shape index (κ2) is 9.37. The van der Waals surface area contributed by atoms with Gasteiger partial charge in [-0.05, 0) is 41.8 Å². The van der Waals surface area contributed by atoms with Gasteiger partial charge in [-0.25, -0.2) is 0 Å². The zero-order chi connectivity index (χ0) is 29.2. The molecule has 2 aromatic rings. The molecular weight excluding hydrogens is 676 g/mol. The van der Waals surface area contributed by atoms with Gasteiger partial charge in [0.1, 0.15) is 0 Å². The number of halogens is 14. The van der Waals surface area contributed by atoms with Crippen LogP contribution in [0, 0.1) is 0 Å². The van der Waals surface area contributed by atoms with Crippen LogP contribution >= 0.6 is 31.9 Å². The zero-order valence-corrected chi connectivity index (χ0v) is 20.5. The first-order valence-electron chi connectivity index (χ1n) is 9.19. The highest BCUT2D eigenvalue weighted by molar-refractivity contribution is 9.10. The summed E-state index contributed by atoms with van der Waals surface area (Å²) in [6.45, 7) is 0. The molecular formula is C19H12Br2F12N2O2. The molecule has 0 saturated heterocycles. The van der Waals surface area contributed by atoms with E-state index in [1.54, 1.807) is 0 Å². The highest BCUT2D eigenvalue weighted by atomic mass is 79.9. The lowest BCUT2D eigenvalue weighted by Gasteiger charge is -2.34. The SMILES string of the molecule is Nc1cc(Br)c(Cc2cc(C(O)(C(F)(F)F)C(F)(F)F)c(N)cc2Br)cc1C(O)(C(F)(F)F)C(F)(F)F. The number of alkyl halides is 12. The average molecular weight is 688 g/mol. The third kappa shape index (κ3) is 5.21. The fraction of sp³-hybridized carbons (Fsp3) is 0.368. The van der Waals surface area contributed by atoms with Crippen molar-refractivity contribution in [2.45, 2.75) is 42.3 Å². The zero-order valence-electron chi connectivity index (χ0n) is 17.4. The molecule has 0 aliphatic rings. The van der Waals surface area contributed by atoms with E-state index >= 15 is 0 Å². The molecule has 0 amide bonds. The summed E-state index contributed by atoms with van der Waals surface area (Å²) >= 11 is 5.59.